The lowest BCUT2D eigenvalue weighted by atomic mass is 10.3. The molecule has 170 valence electrons. The molecule has 1 amide bonds. The molecule has 4 heterocycles. The maximum atomic E-state index is 11.8. The van der Waals surface area contributed by atoms with Crippen LogP contribution in [-0.2, 0) is 35.6 Å². The van der Waals surface area contributed by atoms with Gasteiger partial charge in [0.25, 0.3) is 0 Å². The fraction of sp³-hybridized carbons (Fsp3) is 0.579. The number of rotatable bonds is 4. The van der Waals surface area contributed by atoms with Crippen LogP contribution in [0.1, 0.15) is 36.0 Å². The third-order valence-electron chi connectivity index (χ3n) is 5.12. The number of carboxylic acids is 1. The van der Waals surface area contributed by atoms with Gasteiger partial charge in [0.05, 0.1) is 13.1 Å². The van der Waals surface area contributed by atoms with Gasteiger partial charge < -0.3 is 19.0 Å². The molecule has 31 heavy (non-hydrogen) atoms. The predicted octanol–water partition coefficient (Wildman–Crippen LogP) is 1.99. The van der Waals surface area contributed by atoms with Crippen molar-refractivity contribution in [3.63, 3.8) is 0 Å². The summed E-state index contributed by atoms with van der Waals surface area (Å²) in [5.41, 5.74) is 0. The predicted molar refractivity (Wildman–Crippen MR) is 101 cm³/mol. The number of halogens is 3. The summed E-state index contributed by atoms with van der Waals surface area (Å²) in [6.07, 6.45) is -2.59. The number of alkyl halides is 3. The van der Waals surface area contributed by atoms with E-state index in [1.807, 2.05) is 24.0 Å². The van der Waals surface area contributed by atoms with Gasteiger partial charge in [0.1, 0.15) is 17.3 Å². The van der Waals surface area contributed by atoms with Crippen molar-refractivity contribution in [2.45, 2.75) is 52.0 Å². The average Bonchev–Trinajstić information content (AvgIpc) is 3.36. The van der Waals surface area contributed by atoms with Gasteiger partial charge in [-0.2, -0.15) is 13.2 Å². The Morgan fingerprint density at radius 2 is 1.87 bits per heavy atom. The highest BCUT2D eigenvalue weighted by Crippen LogP contribution is 2.17. The Bertz CT molecular complexity index is 924. The number of carbonyl (C=O) groups excluding carboxylic acids is 1. The molecule has 1 saturated heterocycles. The SMILES string of the molecule is Cc1ccc(CN2CCc3nnc(CN4CCCC4=O)n3CC2)o1.O=C(O)C(F)(F)F. The number of aliphatic carboxylic acids is 1. The van der Waals surface area contributed by atoms with Crippen LogP contribution in [0.3, 0.4) is 0 Å². The number of hydrogen-bond donors (Lipinski definition) is 1. The Morgan fingerprint density at radius 1 is 1.13 bits per heavy atom. The molecule has 2 aromatic heterocycles. The number of furan rings is 1. The quantitative estimate of drug-likeness (QED) is 0.771. The van der Waals surface area contributed by atoms with Crippen LogP contribution in [0.15, 0.2) is 16.5 Å². The van der Waals surface area contributed by atoms with Crippen molar-refractivity contribution in [2.24, 2.45) is 0 Å². The number of nitrogens with zero attached hydrogens (tertiary/aromatic N) is 5. The number of hydrogen-bond acceptors (Lipinski definition) is 6. The fourth-order valence-corrected chi connectivity index (χ4v) is 3.53. The normalized spacial score (nSPS) is 17.2. The molecule has 12 heteroatoms. The summed E-state index contributed by atoms with van der Waals surface area (Å²) in [6, 6.07) is 4.05. The molecule has 2 aliphatic rings. The molecule has 0 aromatic carbocycles. The van der Waals surface area contributed by atoms with E-state index in [0.717, 1.165) is 68.7 Å². The topological polar surface area (TPSA) is 105 Å². The van der Waals surface area contributed by atoms with Crippen LogP contribution in [0.2, 0.25) is 0 Å². The van der Waals surface area contributed by atoms with E-state index in [1.54, 1.807) is 0 Å². The summed E-state index contributed by atoms with van der Waals surface area (Å²) < 4.78 is 39.6. The highest BCUT2D eigenvalue weighted by Gasteiger charge is 2.38. The number of aromatic nitrogens is 3. The summed E-state index contributed by atoms with van der Waals surface area (Å²) in [6.45, 7) is 6.96. The van der Waals surface area contributed by atoms with Crippen molar-refractivity contribution >= 4 is 11.9 Å². The Labute approximate surface area is 176 Å². The minimum absolute atomic E-state index is 0.232. The summed E-state index contributed by atoms with van der Waals surface area (Å²) in [5, 5.41) is 15.8. The lowest BCUT2D eigenvalue weighted by Crippen LogP contribution is -2.28. The van der Waals surface area contributed by atoms with E-state index in [1.165, 1.54) is 0 Å². The van der Waals surface area contributed by atoms with E-state index in [0.29, 0.717) is 13.0 Å². The number of carboxylic acid groups (broad SMARTS) is 1. The highest BCUT2D eigenvalue weighted by molar-refractivity contribution is 5.77. The first-order chi connectivity index (χ1) is 14.6. The molecule has 0 atom stereocenters. The van der Waals surface area contributed by atoms with Crippen molar-refractivity contribution in [1.29, 1.82) is 0 Å². The van der Waals surface area contributed by atoms with Crippen molar-refractivity contribution in [2.75, 3.05) is 19.6 Å². The second-order valence-electron chi connectivity index (χ2n) is 7.44. The fourth-order valence-electron chi connectivity index (χ4n) is 3.53. The zero-order chi connectivity index (χ0) is 22.6. The smallest absolute Gasteiger partial charge is 0.475 e. The standard InChI is InChI=1S/C17H23N5O2.C2HF3O2/c1-13-4-5-14(24-13)11-20-8-6-15-18-19-16(22(15)10-9-20)12-21-7-2-3-17(21)23;3-2(4,5)1(6)7/h4-5H,2-3,6-12H2,1H3;(H,6,7). The zero-order valence-electron chi connectivity index (χ0n) is 17.1. The molecular weight excluding hydrogens is 419 g/mol. The first-order valence-corrected chi connectivity index (χ1v) is 9.90. The molecule has 0 spiro atoms. The largest absolute Gasteiger partial charge is 0.490 e. The zero-order valence-corrected chi connectivity index (χ0v) is 17.1. The molecule has 0 bridgehead atoms. The monoisotopic (exact) mass is 443 g/mol. The van der Waals surface area contributed by atoms with E-state index in [9.17, 15) is 18.0 Å². The summed E-state index contributed by atoms with van der Waals surface area (Å²) in [7, 11) is 0. The molecule has 0 radical (unpaired) electrons. The van der Waals surface area contributed by atoms with Crippen molar-refractivity contribution in [1.82, 2.24) is 24.6 Å². The van der Waals surface area contributed by atoms with E-state index < -0.39 is 12.1 Å². The molecule has 0 unspecified atom stereocenters. The molecule has 1 N–H and O–H groups in total. The molecule has 2 aliphatic heterocycles. The maximum Gasteiger partial charge on any atom is 0.490 e. The maximum absolute atomic E-state index is 11.8. The second kappa shape index (κ2) is 9.50. The third kappa shape index (κ3) is 6.06. The van der Waals surface area contributed by atoms with E-state index in [2.05, 4.69) is 19.7 Å². The van der Waals surface area contributed by atoms with Gasteiger partial charge in [0.15, 0.2) is 5.82 Å². The van der Waals surface area contributed by atoms with Gasteiger partial charge in [-0.05, 0) is 25.5 Å². The van der Waals surface area contributed by atoms with Gasteiger partial charge in [-0.25, -0.2) is 4.79 Å². The number of aryl methyl sites for hydroxylation is 1. The van der Waals surface area contributed by atoms with Crippen molar-refractivity contribution < 1.29 is 32.3 Å². The van der Waals surface area contributed by atoms with Crippen LogP contribution in [0.5, 0.6) is 0 Å². The van der Waals surface area contributed by atoms with E-state index in [4.69, 9.17) is 14.3 Å². The van der Waals surface area contributed by atoms with Crippen LogP contribution >= 0.6 is 0 Å². The first-order valence-electron chi connectivity index (χ1n) is 9.90. The average molecular weight is 443 g/mol. The van der Waals surface area contributed by atoms with Gasteiger partial charge in [-0.1, -0.05) is 0 Å². The van der Waals surface area contributed by atoms with Crippen LogP contribution < -0.4 is 0 Å². The Kier molecular flexibility index (Phi) is 6.98. The minimum Gasteiger partial charge on any atom is -0.475 e. The summed E-state index contributed by atoms with van der Waals surface area (Å²) >= 11 is 0. The molecular formula is C19H24F3N5O4. The van der Waals surface area contributed by atoms with Crippen LogP contribution in [-0.4, -0.2) is 67.4 Å². The van der Waals surface area contributed by atoms with Crippen LogP contribution in [0, 0.1) is 6.92 Å². The van der Waals surface area contributed by atoms with Crippen LogP contribution in [0.4, 0.5) is 13.2 Å². The van der Waals surface area contributed by atoms with Crippen molar-refractivity contribution in [3.8, 4) is 0 Å². The summed E-state index contributed by atoms with van der Waals surface area (Å²) in [4.78, 5) is 25.0. The Balaban J connectivity index is 0.000000339. The van der Waals surface area contributed by atoms with Gasteiger partial charge in [-0.3, -0.25) is 9.69 Å². The Morgan fingerprint density at radius 3 is 2.45 bits per heavy atom. The molecule has 2 aromatic rings. The molecule has 9 nitrogen and oxygen atoms in total. The molecule has 0 aliphatic carbocycles. The van der Waals surface area contributed by atoms with Gasteiger partial charge in [0.2, 0.25) is 5.91 Å². The van der Waals surface area contributed by atoms with Gasteiger partial charge in [-0.15, -0.1) is 10.2 Å². The van der Waals surface area contributed by atoms with Gasteiger partial charge in [0, 0.05) is 39.0 Å². The number of carbonyl (C=O) groups is 2. The molecule has 4 rings (SSSR count). The number of amides is 1. The van der Waals surface area contributed by atoms with E-state index in [-0.39, 0.29) is 5.91 Å². The number of likely N-dealkylation sites (tertiary alicyclic amines) is 1. The van der Waals surface area contributed by atoms with Gasteiger partial charge >= 0.3 is 12.1 Å². The summed E-state index contributed by atoms with van der Waals surface area (Å²) in [5.74, 6) is 1.37. The van der Waals surface area contributed by atoms with Crippen molar-refractivity contribution in [3.05, 3.63) is 35.3 Å². The third-order valence-corrected chi connectivity index (χ3v) is 5.12. The highest BCUT2D eigenvalue weighted by atomic mass is 19.4. The van der Waals surface area contributed by atoms with E-state index >= 15 is 0 Å². The lowest BCUT2D eigenvalue weighted by molar-refractivity contribution is -0.192. The number of fused-ring (bicyclic) bond motifs is 1. The lowest BCUT2D eigenvalue weighted by Gasteiger charge is -2.19. The minimum atomic E-state index is -5.08. The molecule has 0 saturated carbocycles. The molecule has 1 fully saturated rings. The van der Waals surface area contributed by atoms with Crippen LogP contribution in [0.25, 0.3) is 0 Å². The second-order valence-corrected chi connectivity index (χ2v) is 7.44. The Hall–Kier alpha value is -2.89. The first kappa shape index (κ1) is 22.8.